The van der Waals surface area contributed by atoms with Gasteiger partial charge < -0.3 is 5.32 Å². The van der Waals surface area contributed by atoms with Crippen molar-refractivity contribution in [1.82, 2.24) is 5.32 Å². The topological polar surface area (TPSA) is 75.3 Å². The van der Waals surface area contributed by atoms with Gasteiger partial charge in [0.05, 0.1) is 0 Å². The summed E-state index contributed by atoms with van der Waals surface area (Å²) in [5.41, 5.74) is 1.55. The van der Waals surface area contributed by atoms with Gasteiger partial charge in [-0.15, -0.1) is 0 Å². The molecule has 3 aromatic carbocycles. The van der Waals surface area contributed by atoms with Crippen molar-refractivity contribution < 1.29 is 23.2 Å². The molecule has 31 heavy (non-hydrogen) atoms. The molecule has 0 saturated carbocycles. The van der Waals surface area contributed by atoms with E-state index in [-0.39, 0.29) is 5.78 Å². The fourth-order valence-electron chi connectivity index (χ4n) is 2.93. The van der Waals surface area contributed by atoms with E-state index in [0.29, 0.717) is 22.7 Å². The number of imide groups is 1. The van der Waals surface area contributed by atoms with Gasteiger partial charge in [-0.3, -0.25) is 14.9 Å². The molecule has 3 amide bonds. The van der Waals surface area contributed by atoms with Gasteiger partial charge in [-0.05, 0) is 47.9 Å². The van der Waals surface area contributed by atoms with E-state index < -0.39 is 29.1 Å². The first-order valence-electron chi connectivity index (χ1n) is 9.57. The van der Waals surface area contributed by atoms with E-state index in [1.807, 2.05) is 17.4 Å². The Morgan fingerprint density at radius 3 is 1.81 bits per heavy atom. The average molecular weight is 422 g/mol. The molecular weight excluding hydrogens is 402 g/mol. The molecule has 0 fully saturated rings. The van der Waals surface area contributed by atoms with Crippen LogP contribution in [0.5, 0.6) is 0 Å². The molecule has 0 aliphatic rings. The van der Waals surface area contributed by atoms with Crippen molar-refractivity contribution in [2.24, 2.45) is 0 Å². The quantitative estimate of drug-likeness (QED) is 0.549. The van der Waals surface area contributed by atoms with Crippen LogP contribution < -0.4 is 10.6 Å². The van der Waals surface area contributed by atoms with Gasteiger partial charge in [-0.2, -0.15) is 0 Å². The first-order valence-corrected chi connectivity index (χ1v) is 9.57. The number of benzene rings is 3. The minimum absolute atomic E-state index is 0.170. The second-order valence-electron chi connectivity index (χ2n) is 7.19. The molecule has 0 unspecified atom stereocenters. The number of anilines is 1. The number of nitrogens with one attached hydrogen (secondary N) is 2. The molecule has 0 radical (unpaired) electrons. The lowest BCUT2D eigenvalue weighted by Crippen LogP contribution is -2.35. The van der Waals surface area contributed by atoms with Crippen LogP contribution in [0.3, 0.4) is 0 Å². The zero-order chi connectivity index (χ0) is 22.5. The van der Waals surface area contributed by atoms with E-state index in [2.05, 4.69) is 19.2 Å². The van der Waals surface area contributed by atoms with Crippen molar-refractivity contribution in [2.45, 2.75) is 19.8 Å². The summed E-state index contributed by atoms with van der Waals surface area (Å²) in [6, 6.07) is 15.4. The number of amides is 3. The van der Waals surface area contributed by atoms with Crippen molar-refractivity contribution in [3.05, 3.63) is 101 Å². The van der Waals surface area contributed by atoms with E-state index in [0.717, 1.165) is 23.8 Å². The maximum absolute atomic E-state index is 13.6. The summed E-state index contributed by atoms with van der Waals surface area (Å²) < 4.78 is 27.3. The standard InChI is InChI=1S/C24H20F2N2O3/c1-14(2)15-6-8-16(9-7-15)22(29)17-10-12-18(13-11-17)27-24(31)28-23(30)21-19(25)4-3-5-20(21)26/h3-14H,1-2H3,(H2,27,28,30,31). The molecule has 5 nitrogen and oxygen atoms in total. The maximum atomic E-state index is 13.6. The van der Waals surface area contributed by atoms with Crippen LogP contribution in [-0.4, -0.2) is 17.7 Å². The highest BCUT2D eigenvalue weighted by molar-refractivity contribution is 6.10. The van der Waals surface area contributed by atoms with Gasteiger partial charge in [0.25, 0.3) is 5.91 Å². The van der Waals surface area contributed by atoms with Gasteiger partial charge in [-0.1, -0.05) is 44.2 Å². The van der Waals surface area contributed by atoms with Gasteiger partial charge in [0.15, 0.2) is 5.78 Å². The summed E-state index contributed by atoms with van der Waals surface area (Å²) in [5.74, 6) is -3.16. The Labute approximate surface area is 178 Å². The lowest BCUT2D eigenvalue weighted by molar-refractivity contribution is 0.0958. The fourth-order valence-corrected chi connectivity index (χ4v) is 2.93. The van der Waals surface area contributed by atoms with Gasteiger partial charge in [0, 0.05) is 16.8 Å². The van der Waals surface area contributed by atoms with Crippen molar-refractivity contribution >= 4 is 23.4 Å². The third-order valence-corrected chi connectivity index (χ3v) is 4.66. The molecule has 3 aromatic rings. The molecule has 0 spiro atoms. The zero-order valence-corrected chi connectivity index (χ0v) is 16.9. The Hall–Kier alpha value is -3.87. The Morgan fingerprint density at radius 2 is 1.29 bits per heavy atom. The predicted octanol–water partition coefficient (Wildman–Crippen LogP) is 5.28. The highest BCUT2D eigenvalue weighted by atomic mass is 19.1. The number of carbonyl (C=O) groups is 3. The monoisotopic (exact) mass is 422 g/mol. The molecule has 2 N–H and O–H groups in total. The molecule has 158 valence electrons. The summed E-state index contributed by atoms with van der Waals surface area (Å²) in [7, 11) is 0. The highest BCUT2D eigenvalue weighted by Crippen LogP contribution is 2.18. The number of halogens is 2. The van der Waals surface area contributed by atoms with Crippen molar-refractivity contribution in [2.75, 3.05) is 5.32 Å². The van der Waals surface area contributed by atoms with E-state index in [4.69, 9.17) is 0 Å². The third kappa shape index (κ3) is 5.19. The first-order chi connectivity index (χ1) is 14.8. The van der Waals surface area contributed by atoms with Crippen LogP contribution in [0.1, 0.15) is 51.6 Å². The lowest BCUT2D eigenvalue weighted by Gasteiger charge is -2.09. The van der Waals surface area contributed by atoms with E-state index >= 15 is 0 Å². The van der Waals surface area contributed by atoms with Crippen LogP contribution in [-0.2, 0) is 0 Å². The van der Waals surface area contributed by atoms with Gasteiger partial charge in [-0.25, -0.2) is 13.6 Å². The van der Waals surface area contributed by atoms with E-state index in [1.54, 1.807) is 12.1 Å². The fraction of sp³-hybridized carbons (Fsp3) is 0.125. The minimum atomic E-state index is -1.20. The Bertz CT molecular complexity index is 1100. The maximum Gasteiger partial charge on any atom is 0.326 e. The number of urea groups is 1. The second kappa shape index (κ2) is 9.30. The lowest BCUT2D eigenvalue weighted by atomic mass is 9.98. The van der Waals surface area contributed by atoms with Crippen LogP contribution in [0.25, 0.3) is 0 Å². The smallest absolute Gasteiger partial charge is 0.308 e. The number of carbonyl (C=O) groups excluding carboxylic acids is 3. The first kappa shape index (κ1) is 21.8. The van der Waals surface area contributed by atoms with E-state index in [9.17, 15) is 23.2 Å². The predicted molar refractivity (Wildman–Crippen MR) is 113 cm³/mol. The van der Waals surface area contributed by atoms with Gasteiger partial charge >= 0.3 is 6.03 Å². The van der Waals surface area contributed by atoms with Crippen LogP contribution >= 0.6 is 0 Å². The zero-order valence-electron chi connectivity index (χ0n) is 16.9. The molecule has 0 heterocycles. The van der Waals surface area contributed by atoms with Crippen LogP contribution in [0, 0.1) is 11.6 Å². The van der Waals surface area contributed by atoms with Crippen LogP contribution in [0.15, 0.2) is 66.7 Å². The van der Waals surface area contributed by atoms with Gasteiger partial charge in [0.1, 0.15) is 17.2 Å². The summed E-state index contributed by atoms with van der Waals surface area (Å²) in [5, 5.41) is 4.25. The van der Waals surface area contributed by atoms with Crippen molar-refractivity contribution in [1.29, 1.82) is 0 Å². The molecule has 0 saturated heterocycles. The molecule has 0 aromatic heterocycles. The summed E-state index contributed by atoms with van der Waals surface area (Å²) in [6.45, 7) is 4.14. The van der Waals surface area contributed by atoms with Crippen molar-refractivity contribution in [3.63, 3.8) is 0 Å². The third-order valence-electron chi connectivity index (χ3n) is 4.66. The SMILES string of the molecule is CC(C)c1ccc(C(=O)c2ccc(NC(=O)NC(=O)c3c(F)cccc3F)cc2)cc1. The Morgan fingerprint density at radius 1 is 0.774 bits per heavy atom. The van der Waals surface area contributed by atoms with Crippen molar-refractivity contribution in [3.8, 4) is 0 Å². The highest BCUT2D eigenvalue weighted by Gasteiger charge is 2.19. The van der Waals surface area contributed by atoms with Gasteiger partial charge in [0.2, 0.25) is 0 Å². The second-order valence-corrected chi connectivity index (χ2v) is 7.19. The number of hydrogen-bond acceptors (Lipinski definition) is 3. The Kier molecular flexibility index (Phi) is 6.55. The molecule has 0 aliphatic carbocycles. The molecule has 0 bridgehead atoms. The molecule has 3 rings (SSSR count). The number of ketones is 1. The Balaban J connectivity index is 1.64. The summed E-state index contributed by atoms with van der Waals surface area (Å²) in [4.78, 5) is 36.6. The number of hydrogen-bond donors (Lipinski definition) is 2. The van der Waals surface area contributed by atoms with E-state index in [1.165, 1.54) is 24.3 Å². The molecular formula is C24H20F2N2O3. The molecule has 0 aliphatic heterocycles. The number of rotatable bonds is 5. The van der Waals surface area contributed by atoms with Crippen LogP contribution in [0.4, 0.5) is 19.3 Å². The average Bonchev–Trinajstić information content (AvgIpc) is 2.73. The largest absolute Gasteiger partial charge is 0.326 e. The summed E-state index contributed by atoms with van der Waals surface area (Å²) >= 11 is 0. The molecule has 0 atom stereocenters. The van der Waals surface area contributed by atoms with Crippen LogP contribution in [0.2, 0.25) is 0 Å². The molecule has 7 heteroatoms. The summed E-state index contributed by atoms with van der Waals surface area (Å²) in [6.07, 6.45) is 0. The minimum Gasteiger partial charge on any atom is -0.308 e. The normalized spacial score (nSPS) is 10.6.